The number of nitrogens with one attached hydrogen (secondary N) is 1. The number of halogens is 3. The van der Waals surface area contributed by atoms with E-state index in [0.717, 1.165) is 22.0 Å². The van der Waals surface area contributed by atoms with E-state index < -0.39 is 29.8 Å². The number of aryl methyl sites for hydroxylation is 1. The molecule has 11 heteroatoms. The van der Waals surface area contributed by atoms with Crippen LogP contribution in [0.25, 0.3) is 33.3 Å². The minimum atomic E-state index is -1.38. The van der Waals surface area contributed by atoms with E-state index >= 15 is 4.39 Å². The summed E-state index contributed by atoms with van der Waals surface area (Å²) >= 11 is 6.19. The van der Waals surface area contributed by atoms with Crippen LogP contribution in [0.15, 0.2) is 79.4 Å². The Morgan fingerprint density at radius 2 is 1.86 bits per heavy atom. The molecule has 0 aliphatic carbocycles. The number of hydrogen-bond acceptors (Lipinski definition) is 5. The number of anilines is 1. The van der Waals surface area contributed by atoms with Crippen LogP contribution in [0.5, 0.6) is 0 Å². The number of pyridine rings is 1. The second-order valence-corrected chi connectivity index (χ2v) is 10.5. The van der Waals surface area contributed by atoms with Gasteiger partial charge in [-0.15, -0.1) is 0 Å². The summed E-state index contributed by atoms with van der Waals surface area (Å²) in [7, 11) is 0. The zero-order valence-electron chi connectivity index (χ0n) is 22.5. The predicted molar refractivity (Wildman–Crippen MR) is 156 cm³/mol. The van der Waals surface area contributed by atoms with Gasteiger partial charge in [-0.2, -0.15) is 0 Å². The van der Waals surface area contributed by atoms with Crippen LogP contribution in [-0.4, -0.2) is 55.0 Å². The first-order valence-corrected chi connectivity index (χ1v) is 13.7. The SMILES string of the molecule is Cc1ncc(-c2ccc3c(ccn3CC(=O)N3CC(F)CC3C(=O)Nc3cccc(-c4ncccc4Cl)c3F)c2)cn1. The van der Waals surface area contributed by atoms with Crippen molar-refractivity contribution in [3.8, 4) is 22.4 Å². The molecule has 1 aliphatic heterocycles. The van der Waals surface area contributed by atoms with E-state index in [-0.39, 0.29) is 41.5 Å². The van der Waals surface area contributed by atoms with Gasteiger partial charge >= 0.3 is 0 Å². The number of carbonyl (C=O) groups excluding carboxylic acids is 2. The van der Waals surface area contributed by atoms with Crippen molar-refractivity contribution in [2.24, 2.45) is 0 Å². The number of alkyl halides is 1. The summed E-state index contributed by atoms with van der Waals surface area (Å²) in [6.45, 7) is 1.51. The molecule has 1 fully saturated rings. The number of benzene rings is 2. The van der Waals surface area contributed by atoms with E-state index in [9.17, 15) is 14.0 Å². The van der Waals surface area contributed by atoms with Crippen LogP contribution in [0.4, 0.5) is 14.5 Å². The molecule has 2 amide bonds. The molecule has 2 aromatic carbocycles. The highest BCUT2D eigenvalue weighted by atomic mass is 35.5. The maximum Gasteiger partial charge on any atom is 0.247 e. The van der Waals surface area contributed by atoms with Crippen LogP contribution < -0.4 is 5.32 Å². The third kappa shape index (κ3) is 5.33. The standard InChI is InChI=1S/C31H25ClF2N6O2/c1-18-36-14-21(15-37-18)19-7-8-26-20(12-19)9-11-39(26)17-28(41)40-16-22(33)13-27(40)31(42)38-25-6-2-4-23(29(25)34)30-24(32)5-3-10-35-30/h2-12,14-15,22,27H,13,16-17H2,1H3,(H,38,42). The van der Waals surface area contributed by atoms with Crippen LogP contribution >= 0.6 is 11.6 Å². The molecular weight excluding hydrogens is 562 g/mol. The number of rotatable bonds is 6. The van der Waals surface area contributed by atoms with Crippen LogP contribution in [0, 0.1) is 12.7 Å². The molecule has 3 aromatic heterocycles. The Balaban J connectivity index is 1.19. The smallest absolute Gasteiger partial charge is 0.247 e. The second-order valence-electron chi connectivity index (χ2n) is 10.1. The van der Waals surface area contributed by atoms with Crippen molar-refractivity contribution in [2.45, 2.75) is 32.1 Å². The predicted octanol–water partition coefficient (Wildman–Crippen LogP) is 5.84. The average Bonchev–Trinajstić information content (AvgIpc) is 3.58. The Labute approximate surface area is 245 Å². The molecule has 212 valence electrons. The van der Waals surface area contributed by atoms with Gasteiger partial charge < -0.3 is 14.8 Å². The zero-order valence-corrected chi connectivity index (χ0v) is 23.2. The minimum absolute atomic E-state index is 0.0883. The van der Waals surface area contributed by atoms with Crippen molar-refractivity contribution in [3.63, 3.8) is 0 Å². The van der Waals surface area contributed by atoms with E-state index in [0.29, 0.717) is 5.82 Å². The monoisotopic (exact) mass is 586 g/mol. The summed E-state index contributed by atoms with van der Waals surface area (Å²) in [5.41, 5.74) is 2.84. The van der Waals surface area contributed by atoms with E-state index in [4.69, 9.17) is 11.6 Å². The Bertz CT molecular complexity index is 1810. The van der Waals surface area contributed by atoms with Gasteiger partial charge in [-0.25, -0.2) is 18.7 Å². The molecule has 1 saturated heterocycles. The van der Waals surface area contributed by atoms with Crippen molar-refractivity contribution in [1.29, 1.82) is 0 Å². The van der Waals surface area contributed by atoms with Crippen molar-refractivity contribution in [1.82, 2.24) is 24.4 Å². The zero-order chi connectivity index (χ0) is 29.4. The lowest BCUT2D eigenvalue weighted by Gasteiger charge is -2.24. The second kappa shape index (κ2) is 11.3. The van der Waals surface area contributed by atoms with E-state index in [2.05, 4.69) is 20.3 Å². The largest absolute Gasteiger partial charge is 0.338 e. The number of aromatic nitrogens is 4. The molecule has 0 bridgehead atoms. The lowest BCUT2D eigenvalue weighted by atomic mass is 10.1. The van der Waals surface area contributed by atoms with Crippen LogP contribution in [0.3, 0.4) is 0 Å². The number of likely N-dealkylation sites (tertiary alicyclic amines) is 1. The van der Waals surface area contributed by atoms with Gasteiger partial charge in [0.25, 0.3) is 0 Å². The number of carbonyl (C=O) groups is 2. The maximum atomic E-state index is 15.4. The molecule has 42 heavy (non-hydrogen) atoms. The Kier molecular flexibility index (Phi) is 7.38. The molecule has 2 atom stereocenters. The number of amides is 2. The van der Waals surface area contributed by atoms with Crippen LogP contribution in [0.1, 0.15) is 12.2 Å². The lowest BCUT2D eigenvalue weighted by molar-refractivity contribution is -0.137. The minimum Gasteiger partial charge on any atom is -0.338 e. The van der Waals surface area contributed by atoms with Gasteiger partial charge in [0, 0.05) is 53.2 Å². The molecule has 8 nitrogen and oxygen atoms in total. The normalized spacial score (nSPS) is 16.6. The third-order valence-corrected chi connectivity index (χ3v) is 7.64. The maximum absolute atomic E-state index is 15.4. The van der Waals surface area contributed by atoms with Gasteiger partial charge in [0.15, 0.2) is 5.82 Å². The highest BCUT2D eigenvalue weighted by Gasteiger charge is 2.40. The van der Waals surface area contributed by atoms with Gasteiger partial charge in [-0.05, 0) is 55.0 Å². The Morgan fingerprint density at radius 1 is 1.05 bits per heavy atom. The van der Waals surface area contributed by atoms with Gasteiger partial charge in [0.2, 0.25) is 11.8 Å². The molecule has 1 aliphatic rings. The van der Waals surface area contributed by atoms with Gasteiger partial charge in [0.05, 0.1) is 22.9 Å². The summed E-state index contributed by atoms with van der Waals surface area (Å²) in [6, 6.07) is 14.3. The fourth-order valence-corrected chi connectivity index (χ4v) is 5.44. The van der Waals surface area contributed by atoms with Crippen molar-refractivity contribution in [3.05, 3.63) is 96.0 Å². The molecule has 4 heterocycles. The molecule has 0 radical (unpaired) electrons. The van der Waals surface area contributed by atoms with Crippen molar-refractivity contribution < 1.29 is 18.4 Å². The topological polar surface area (TPSA) is 93.0 Å². The number of nitrogens with zero attached hydrogens (tertiary/aromatic N) is 5. The van der Waals surface area contributed by atoms with Gasteiger partial charge in [0.1, 0.15) is 24.6 Å². The quantitative estimate of drug-likeness (QED) is 0.270. The fraction of sp³-hybridized carbons (Fsp3) is 0.194. The summed E-state index contributed by atoms with van der Waals surface area (Å²) in [5, 5.41) is 3.70. The van der Waals surface area contributed by atoms with Gasteiger partial charge in [-0.3, -0.25) is 14.6 Å². The molecule has 0 saturated carbocycles. The fourth-order valence-electron chi connectivity index (χ4n) is 5.22. The Morgan fingerprint density at radius 3 is 2.64 bits per heavy atom. The number of hydrogen-bond donors (Lipinski definition) is 1. The summed E-state index contributed by atoms with van der Waals surface area (Å²) in [5.74, 6) is -1.14. The molecule has 5 aromatic rings. The molecule has 2 unspecified atom stereocenters. The van der Waals surface area contributed by atoms with Crippen molar-refractivity contribution in [2.75, 3.05) is 11.9 Å². The highest BCUT2D eigenvalue weighted by Crippen LogP contribution is 2.32. The molecular formula is C31H25ClF2N6O2. The molecule has 1 N–H and O–H groups in total. The molecule has 6 rings (SSSR count). The summed E-state index contributed by atoms with van der Waals surface area (Å²) in [4.78, 5) is 40.5. The summed E-state index contributed by atoms with van der Waals surface area (Å²) in [6.07, 6.45) is 5.21. The first-order chi connectivity index (χ1) is 20.3. The first-order valence-electron chi connectivity index (χ1n) is 13.3. The highest BCUT2D eigenvalue weighted by molar-refractivity contribution is 6.33. The van der Waals surface area contributed by atoms with E-state index in [1.165, 1.54) is 23.2 Å². The number of fused-ring (bicyclic) bond motifs is 1. The Hall–Kier alpha value is -4.70. The lowest BCUT2D eigenvalue weighted by Crippen LogP contribution is -2.44. The third-order valence-electron chi connectivity index (χ3n) is 7.33. The molecule has 0 spiro atoms. The van der Waals surface area contributed by atoms with E-state index in [1.54, 1.807) is 41.4 Å². The van der Waals surface area contributed by atoms with Crippen LogP contribution in [0.2, 0.25) is 5.02 Å². The van der Waals surface area contributed by atoms with Crippen molar-refractivity contribution >= 4 is 40.0 Å². The van der Waals surface area contributed by atoms with E-state index in [1.807, 2.05) is 31.2 Å². The van der Waals surface area contributed by atoms with Gasteiger partial charge in [-0.1, -0.05) is 23.7 Å². The summed E-state index contributed by atoms with van der Waals surface area (Å²) < 4.78 is 31.7. The first kappa shape index (κ1) is 27.5. The van der Waals surface area contributed by atoms with Crippen LogP contribution in [-0.2, 0) is 16.1 Å². The average molecular weight is 587 g/mol.